The smallest absolute Gasteiger partial charge is 0.132 e. The van der Waals surface area contributed by atoms with Crippen LogP contribution in [-0.2, 0) is 4.79 Å². The lowest BCUT2D eigenvalue weighted by Crippen LogP contribution is -1.98. The van der Waals surface area contributed by atoms with Crippen LogP contribution < -0.4 is 0 Å². The first-order valence-corrected chi connectivity index (χ1v) is 8.93. The van der Waals surface area contributed by atoms with Crippen molar-refractivity contribution in [1.82, 2.24) is 0 Å². The van der Waals surface area contributed by atoms with Crippen molar-refractivity contribution in [2.45, 2.75) is 103 Å². The van der Waals surface area contributed by atoms with Crippen LogP contribution in [0.2, 0.25) is 0 Å². The Bertz CT molecular complexity index is 202. The molecule has 0 rings (SSSR count). The molecule has 0 aromatic carbocycles. The number of carbonyl (C=O) groups is 1. The Morgan fingerprint density at radius 3 is 1.50 bits per heavy atom. The SMILES string of the molecule is CCCCCCCCCCCCCC(=O)CCCCO. The van der Waals surface area contributed by atoms with E-state index < -0.39 is 0 Å². The molecule has 1 N–H and O–H groups in total. The third-order valence-electron chi connectivity index (χ3n) is 3.92. The van der Waals surface area contributed by atoms with Crippen molar-refractivity contribution in [2.75, 3.05) is 6.61 Å². The Labute approximate surface area is 126 Å². The van der Waals surface area contributed by atoms with E-state index in [1.807, 2.05) is 0 Å². The Balaban J connectivity index is 3.07. The van der Waals surface area contributed by atoms with Crippen LogP contribution in [0.25, 0.3) is 0 Å². The second-order valence-corrected chi connectivity index (χ2v) is 6.00. The van der Waals surface area contributed by atoms with Crippen LogP contribution in [0.15, 0.2) is 0 Å². The molecule has 0 aromatic rings. The summed E-state index contributed by atoms with van der Waals surface area (Å²) < 4.78 is 0. The third kappa shape index (κ3) is 15.7. The lowest BCUT2D eigenvalue weighted by Gasteiger charge is -2.03. The molecule has 0 atom stereocenters. The zero-order chi connectivity index (χ0) is 14.9. The maximum atomic E-state index is 11.5. The van der Waals surface area contributed by atoms with Crippen molar-refractivity contribution < 1.29 is 9.90 Å². The van der Waals surface area contributed by atoms with Gasteiger partial charge in [0.1, 0.15) is 5.78 Å². The van der Waals surface area contributed by atoms with Gasteiger partial charge >= 0.3 is 0 Å². The van der Waals surface area contributed by atoms with E-state index in [2.05, 4.69) is 6.92 Å². The van der Waals surface area contributed by atoms with Crippen molar-refractivity contribution in [1.29, 1.82) is 0 Å². The summed E-state index contributed by atoms with van der Waals surface area (Å²) in [6.45, 7) is 2.48. The Kier molecular flexibility index (Phi) is 16.4. The number of aliphatic hydroxyl groups excluding tert-OH is 1. The van der Waals surface area contributed by atoms with E-state index in [1.54, 1.807) is 0 Å². The Morgan fingerprint density at radius 1 is 0.650 bits per heavy atom. The summed E-state index contributed by atoms with van der Waals surface area (Å²) in [5.74, 6) is 0.384. The van der Waals surface area contributed by atoms with E-state index in [0.717, 1.165) is 25.7 Å². The minimum atomic E-state index is 0.214. The van der Waals surface area contributed by atoms with Crippen molar-refractivity contribution >= 4 is 5.78 Å². The van der Waals surface area contributed by atoms with Crippen LogP contribution in [0.4, 0.5) is 0 Å². The summed E-state index contributed by atoms with van der Waals surface area (Å²) in [6.07, 6.45) is 17.7. The van der Waals surface area contributed by atoms with Crippen LogP contribution in [0.3, 0.4) is 0 Å². The van der Waals surface area contributed by atoms with Gasteiger partial charge < -0.3 is 5.11 Å². The molecule has 0 unspecified atom stereocenters. The molecule has 0 heterocycles. The Morgan fingerprint density at radius 2 is 1.05 bits per heavy atom. The molecule has 120 valence electrons. The van der Waals surface area contributed by atoms with Crippen LogP contribution in [0.1, 0.15) is 103 Å². The number of hydrogen-bond acceptors (Lipinski definition) is 2. The van der Waals surface area contributed by atoms with Gasteiger partial charge in [0, 0.05) is 19.4 Å². The second kappa shape index (κ2) is 16.7. The van der Waals surface area contributed by atoms with E-state index >= 15 is 0 Å². The molecule has 0 aromatic heterocycles. The quantitative estimate of drug-likeness (QED) is 0.384. The van der Waals surface area contributed by atoms with Gasteiger partial charge in [0.15, 0.2) is 0 Å². The summed E-state index contributed by atoms with van der Waals surface area (Å²) in [6, 6.07) is 0. The zero-order valence-electron chi connectivity index (χ0n) is 13.7. The highest BCUT2D eigenvalue weighted by molar-refractivity contribution is 5.78. The fourth-order valence-corrected chi connectivity index (χ4v) is 2.55. The molecule has 2 heteroatoms. The number of hydrogen-bond donors (Lipinski definition) is 1. The van der Waals surface area contributed by atoms with Gasteiger partial charge in [0.2, 0.25) is 0 Å². The monoisotopic (exact) mass is 284 g/mol. The molecule has 0 fully saturated rings. The van der Waals surface area contributed by atoms with Gasteiger partial charge in [-0.2, -0.15) is 0 Å². The average molecular weight is 284 g/mol. The second-order valence-electron chi connectivity index (χ2n) is 6.00. The molecule has 0 radical (unpaired) electrons. The number of unbranched alkanes of at least 4 members (excludes halogenated alkanes) is 11. The molecule has 0 aliphatic heterocycles. The number of ketones is 1. The molecule has 20 heavy (non-hydrogen) atoms. The van der Waals surface area contributed by atoms with Crippen LogP contribution in [-0.4, -0.2) is 17.5 Å². The molecule has 0 saturated carbocycles. The first-order valence-electron chi connectivity index (χ1n) is 8.93. The van der Waals surface area contributed by atoms with Crippen LogP contribution >= 0.6 is 0 Å². The number of Topliss-reactive ketones (excluding diaryl/α,β-unsaturated/α-hetero) is 1. The van der Waals surface area contributed by atoms with Gasteiger partial charge in [0.25, 0.3) is 0 Å². The highest BCUT2D eigenvalue weighted by Gasteiger charge is 2.01. The van der Waals surface area contributed by atoms with E-state index in [1.165, 1.54) is 64.2 Å². The summed E-state index contributed by atoms with van der Waals surface area (Å²) in [7, 11) is 0. The van der Waals surface area contributed by atoms with Gasteiger partial charge in [-0.05, 0) is 19.3 Å². The van der Waals surface area contributed by atoms with Crippen molar-refractivity contribution in [3.8, 4) is 0 Å². The van der Waals surface area contributed by atoms with E-state index in [9.17, 15) is 4.79 Å². The number of aliphatic hydroxyl groups is 1. The van der Waals surface area contributed by atoms with Crippen molar-refractivity contribution in [2.24, 2.45) is 0 Å². The van der Waals surface area contributed by atoms with Gasteiger partial charge in [-0.1, -0.05) is 71.1 Å². The molecule has 0 bridgehead atoms. The van der Waals surface area contributed by atoms with E-state index in [4.69, 9.17) is 5.11 Å². The fourth-order valence-electron chi connectivity index (χ4n) is 2.55. The minimum Gasteiger partial charge on any atom is -0.396 e. The van der Waals surface area contributed by atoms with Crippen LogP contribution in [0, 0.1) is 0 Å². The summed E-state index contributed by atoms with van der Waals surface area (Å²) in [5.41, 5.74) is 0. The normalized spacial score (nSPS) is 10.9. The first kappa shape index (κ1) is 19.6. The fraction of sp³-hybridized carbons (Fsp3) is 0.944. The average Bonchev–Trinajstić information content (AvgIpc) is 2.45. The summed E-state index contributed by atoms with van der Waals surface area (Å²) in [5, 5.41) is 8.65. The molecule has 0 amide bonds. The number of carbonyl (C=O) groups excluding carboxylic acids is 1. The maximum absolute atomic E-state index is 11.5. The molecular weight excluding hydrogens is 248 g/mol. The molecular formula is C18H36O2. The van der Waals surface area contributed by atoms with E-state index in [0.29, 0.717) is 12.2 Å². The predicted molar refractivity (Wildman–Crippen MR) is 87.0 cm³/mol. The maximum Gasteiger partial charge on any atom is 0.132 e. The lowest BCUT2D eigenvalue weighted by atomic mass is 10.0. The van der Waals surface area contributed by atoms with Crippen LogP contribution in [0.5, 0.6) is 0 Å². The van der Waals surface area contributed by atoms with Gasteiger partial charge in [-0.3, -0.25) is 4.79 Å². The van der Waals surface area contributed by atoms with E-state index in [-0.39, 0.29) is 6.61 Å². The van der Waals surface area contributed by atoms with Gasteiger partial charge in [-0.25, -0.2) is 0 Å². The van der Waals surface area contributed by atoms with Crippen molar-refractivity contribution in [3.63, 3.8) is 0 Å². The minimum absolute atomic E-state index is 0.214. The molecule has 2 nitrogen and oxygen atoms in total. The summed E-state index contributed by atoms with van der Waals surface area (Å²) in [4.78, 5) is 11.5. The predicted octanol–water partition coefficient (Wildman–Crippen LogP) is 5.42. The highest BCUT2D eigenvalue weighted by Crippen LogP contribution is 2.12. The molecule has 0 aliphatic carbocycles. The lowest BCUT2D eigenvalue weighted by molar-refractivity contribution is -0.119. The standard InChI is InChI=1S/C18H36O2/c1-2-3-4-5-6-7-8-9-10-11-12-15-18(20)16-13-14-17-19/h19H,2-17H2,1H3. The Hall–Kier alpha value is -0.370. The van der Waals surface area contributed by atoms with Gasteiger partial charge in [-0.15, -0.1) is 0 Å². The van der Waals surface area contributed by atoms with Crippen molar-refractivity contribution in [3.05, 3.63) is 0 Å². The summed E-state index contributed by atoms with van der Waals surface area (Å²) >= 11 is 0. The highest BCUT2D eigenvalue weighted by atomic mass is 16.2. The third-order valence-corrected chi connectivity index (χ3v) is 3.92. The largest absolute Gasteiger partial charge is 0.396 e. The van der Waals surface area contributed by atoms with Gasteiger partial charge in [0.05, 0.1) is 0 Å². The molecule has 0 saturated heterocycles. The first-order chi connectivity index (χ1) is 9.81. The zero-order valence-corrected chi connectivity index (χ0v) is 13.7. The topological polar surface area (TPSA) is 37.3 Å². The molecule has 0 spiro atoms. The molecule has 0 aliphatic rings. The number of rotatable bonds is 16.